The molecule has 3 heterocycles. The van der Waals surface area contributed by atoms with Gasteiger partial charge in [-0.05, 0) is 70.3 Å². The van der Waals surface area contributed by atoms with Gasteiger partial charge in [0.2, 0.25) is 6.29 Å². The smallest absolute Gasteiger partial charge is 0.202 e. The lowest BCUT2D eigenvalue weighted by Gasteiger charge is -2.43. The monoisotopic (exact) mass is 518 g/mol. The Balaban J connectivity index is 1.80. The molecule has 0 bridgehead atoms. The van der Waals surface area contributed by atoms with Crippen molar-refractivity contribution in [1.82, 2.24) is 14.7 Å². The van der Waals surface area contributed by atoms with Gasteiger partial charge in [-0.1, -0.05) is 0 Å². The molecule has 1 aromatic heterocycles. The van der Waals surface area contributed by atoms with Gasteiger partial charge >= 0.3 is 0 Å². The van der Waals surface area contributed by atoms with E-state index in [9.17, 15) is 9.32 Å². The molecule has 3 rings (SSSR count). The quantitative estimate of drug-likeness (QED) is 0.558. The van der Waals surface area contributed by atoms with E-state index < -0.39 is 17.3 Å². The van der Waals surface area contributed by atoms with Crippen molar-refractivity contribution in [2.75, 3.05) is 31.2 Å². The maximum absolute atomic E-state index is 12.8. The molecule has 3 unspecified atom stereocenters. The largest absolute Gasteiger partial charge is 0.376 e. The minimum Gasteiger partial charge on any atom is -0.376 e. The SMILES string of the molecule is CCOC(O)c1nc(Br)c(C)nc1N1CCC2(CC1)CO[C@@H](C)C2NS(=O)C(C)(C)C. The zero-order valence-electron chi connectivity index (χ0n) is 19.3. The normalized spacial score (nSPS) is 25.7. The molecule has 8 nitrogen and oxygen atoms in total. The summed E-state index contributed by atoms with van der Waals surface area (Å²) >= 11 is 3.41. The Bertz CT molecular complexity index is 811. The van der Waals surface area contributed by atoms with E-state index in [0.717, 1.165) is 31.6 Å². The van der Waals surface area contributed by atoms with Crippen LogP contribution in [0.2, 0.25) is 0 Å². The van der Waals surface area contributed by atoms with Gasteiger partial charge in [0.05, 0.1) is 40.2 Å². The molecular formula is C21H35BrN4O4S. The van der Waals surface area contributed by atoms with Crippen molar-refractivity contribution in [2.45, 2.75) is 77.6 Å². The van der Waals surface area contributed by atoms with Gasteiger partial charge in [-0.3, -0.25) is 0 Å². The average Bonchev–Trinajstić information content (AvgIpc) is 2.99. The molecule has 176 valence electrons. The van der Waals surface area contributed by atoms with Crippen LogP contribution < -0.4 is 9.62 Å². The molecular weight excluding hydrogens is 484 g/mol. The number of halogens is 1. The number of aliphatic hydroxyl groups excluding tert-OH is 1. The standard InChI is InChI=1S/C21H35BrN4O4S/c1-7-29-19(27)15-18(23-13(2)17(22)24-15)26-10-8-21(9-11-26)12-30-14(3)16(21)25-31(28)20(4,5)6/h14,16,19,25,27H,7-12H2,1-6H3/t14-,16?,19?,31?/m0/s1. The van der Waals surface area contributed by atoms with Crippen molar-refractivity contribution in [3.63, 3.8) is 0 Å². The first-order valence-corrected chi connectivity index (χ1v) is 12.8. The molecule has 31 heavy (non-hydrogen) atoms. The van der Waals surface area contributed by atoms with Gasteiger partial charge in [0, 0.05) is 25.1 Å². The van der Waals surface area contributed by atoms with Crippen molar-refractivity contribution < 1.29 is 18.8 Å². The Kier molecular flexibility index (Phi) is 7.81. The van der Waals surface area contributed by atoms with E-state index in [1.54, 1.807) is 0 Å². The predicted octanol–water partition coefficient (Wildman–Crippen LogP) is 3.00. The molecule has 0 aromatic carbocycles. The summed E-state index contributed by atoms with van der Waals surface area (Å²) in [5.74, 6) is 0.659. The summed E-state index contributed by atoms with van der Waals surface area (Å²) in [6, 6.07) is 0.0286. The van der Waals surface area contributed by atoms with Gasteiger partial charge in [0.15, 0.2) is 5.82 Å². The van der Waals surface area contributed by atoms with Crippen molar-refractivity contribution in [2.24, 2.45) is 5.41 Å². The summed E-state index contributed by atoms with van der Waals surface area (Å²) in [5, 5.41) is 10.5. The van der Waals surface area contributed by atoms with Crippen LogP contribution in [0, 0.1) is 12.3 Å². The summed E-state index contributed by atoms with van der Waals surface area (Å²) in [7, 11) is -1.16. The molecule has 2 N–H and O–H groups in total. The second kappa shape index (κ2) is 9.69. The fourth-order valence-corrected chi connectivity index (χ4v) is 5.55. The number of hydrogen-bond donors (Lipinski definition) is 2. The third-order valence-electron chi connectivity index (χ3n) is 6.19. The van der Waals surface area contributed by atoms with Gasteiger partial charge in [0.1, 0.15) is 10.3 Å². The third-order valence-corrected chi connectivity index (χ3v) is 8.52. The highest BCUT2D eigenvalue weighted by molar-refractivity contribution is 9.10. The molecule has 0 saturated carbocycles. The van der Waals surface area contributed by atoms with Crippen LogP contribution in [0.3, 0.4) is 0 Å². The Morgan fingerprint density at radius 2 is 2.03 bits per heavy atom. The van der Waals surface area contributed by atoms with Crippen LogP contribution in [0.5, 0.6) is 0 Å². The van der Waals surface area contributed by atoms with Crippen LogP contribution in [-0.2, 0) is 20.5 Å². The highest BCUT2D eigenvalue weighted by Gasteiger charge is 2.50. The number of rotatable bonds is 6. The molecule has 4 atom stereocenters. The van der Waals surface area contributed by atoms with E-state index in [2.05, 4.69) is 37.5 Å². The van der Waals surface area contributed by atoms with Crippen LogP contribution in [0.15, 0.2) is 4.60 Å². The lowest BCUT2D eigenvalue weighted by atomic mass is 9.73. The van der Waals surface area contributed by atoms with Crippen LogP contribution >= 0.6 is 15.9 Å². The topological polar surface area (TPSA) is 96.8 Å². The first-order chi connectivity index (χ1) is 14.5. The molecule has 0 amide bonds. The van der Waals surface area contributed by atoms with E-state index in [1.807, 2.05) is 34.6 Å². The Labute approximate surface area is 196 Å². The molecule has 2 aliphatic rings. The van der Waals surface area contributed by atoms with Crippen molar-refractivity contribution in [3.8, 4) is 0 Å². The first-order valence-electron chi connectivity index (χ1n) is 10.9. The lowest BCUT2D eigenvalue weighted by molar-refractivity contribution is -0.101. The summed E-state index contributed by atoms with van der Waals surface area (Å²) < 4.78 is 27.9. The maximum Gasteiger partial charge on any atom is 0.202 e. The molecule has 1 spiro atoms. The van der Waals surface area contributed by atoms with E-state index in [-0.39, 0.29) is 22.3 Å². The summed E-state index contributed by atoms with van der Waals surface area (Å²) in [5.41, 5.74) is 1.11. The van der Waals surface area contributed by atoms with Gasteiger partial charge < -0.3 is 19.5 Å². The second-order valence-electron chi connectivity index (χ2n) is 9.46. The maximum atomic E-state index is 12.8. The van der Waals surface area contributed by atoms with Gasteiger partial charge in [-0.15, -0.1) is 0 Å². The van der Waals surface area contributed by atoms with Crippen molar-refractivity contribution in [3.05, 3.63) is 16.0 Å². The molecule has 10 heteroatoms. The van der Waals surface area contributed by atoms with E-state index in [0.29, 0.717) is 29.3 Å². The number of nitrogens with one attached hydrogen (secondary N) is 1. The predicted molar refractivity (Wildman–Crippen MR) is 125 cm³/mol. The number of aromatic nitrogens is 2. The average molecular weight is 520 g/mol. The number of aliphatic hydroxyl groups is 1. The molecule has 2 fully saturated rings. The fraction of sp³-hybridized carbons (Fsp3) is 0.810. The van der Waals surface area contributed by atoms with E-state index >= 15 is 0 Å². The second-order valence-corrected chi connectivity index (χ2v) is 12.2. The third kappa shape index (κ3) is 5.30. The number of hydrogen-bond acceptors (Lipinski definition) is 7. The first kappa shape index (κ1) is 25.0. The lowest BCUT2D eigenvalue weighted by Crippen LogP contribution is -2.55. The van der Waals surface area contributed by atoms with Crippen molar-refractivity contribution >= 4 is 32.7 Å². The van der Waals surface area contributed by atoms with E-state index in [4.69, 9.17) is 14.5 Å². The number of ether oxygens (including phenoxy) is 2. The Hall–Kier alpha value is -0.650. The molecule has 1 aromatic rings. The fourth-order valence-electron chi connectivity index (χ4n) is 4.25. The van der Waals surface area contributed by atoms with Gasteiger partial charge in [0.25, 0.3) is 0 Å². The molecule has 2 aliphatic heterocycles. The van der Waals surface area contributed by atoms with E-state index in [1.165, 1.54) is 0 Å². The Morgan fingerprint density at radius 1 is 1.39 bits per heavy atom. The van der Waals surface area contributed by atoms with Gasteiger partial charge in [-0.2, -0.15) is 0 Å². The van der Waals surface area contributed by atoms with Crippen LogP contribution in [0.25, 0.3) is 0 Å². The molecule has 2 saturated heterocycles. The number of anilines is 1. The van der Waals surface area contributed by atoms with Crippen LogP contribution in [0.4, 0.5) is 5.82 Å². The zero-order valence-corrected chi connectivity index (χ0v) is 21.7. The summed E-state index contributed by atoms with van der Waals surface area (Å²) in [4.78, 5) is 11.4. The van der Waals surface area contributed by atoms with Crippen LogP contribution in [0.1, 0.15) is 65.1 Å². The summed E-state index contributed by atoms with van der Waals surface area (Å²) in [6.07, 6.45) is 0.621. The highest BCUT2D eigenvalue weighted by atomic mass is 79.9. The Morgan fingerprint density at radius 3 is 2.61 bits per heavy atom. The van der Waals surface area contributed by atoms with Crippen molar-refractivity contribution in [1.29, 1.82) is 0 Å². The minimum absolute atomic E-state index is 0.00269. The summed E-state index contributed by atoms with van der Waals surface area (Å²) in [6.45, 7) is 14.2. The minimum atomic E-state index is -1.16. The number of nitrogens with zero attached hydrogens (tertiary/aromatic N) is 3. The number of piperidine rings is 1. The number of aryl methyl sites for hydroxylation is 1. The van der Waals surface area contributed by atoms with Crippen LogP contribution in [-0.4, -0.2) is 62.5 Å². The zero-order chi connectivity index (χ0) is 23.0. The molecule has 0 radical (unpaired) electrons. The molecule has 0 aliphatic carbocycles. The van der Waals surface area contributed by atoms with Gasteiger partial charge in [-0.25, -0.2) is 18.9 Å². The highest BCUT2D eigenvalue weighted by Crippen LogP contribution is 2.44.